The SMILES string of the molecule is Cc1cccc(NC(=O)COc2ccc(/C=C3/SC(=O)N(CC(=O)Nc4ccc(Cl)cc4)C3=O)cc2)c1. The van der Waals surface area contributed by atoms with Gasteiger partial charge < -0.3 is 15.4 Å². The Balaban J connectivity index is 1.30. The molecule has 188 valence electrons. The molecule has 3 aromatic carbocycles. The van der Waals surface area contributed by atoms with Crippen LogP contribution in [0.2, 0.25) is 5.02 Å². The van der Waals surface area contributed by atoms with Crippen LogP contribution in [0, 0.1) is 6.92 Å². The molecular weight excluding hydrogens is 514 g/mol. The van der Waals surface area contributed by atoms with Gasteiger partial charge in [0.15, 0.2) is 6.61 Å². The molecule has 1 saturated heterocycles. The maximum Gasteiger partial charge on any atom is 0.294 e. The molecule has 0 atom stereocenters. The maximum atomic E-state index is 12.7. The summed E-state index contributed by atoms with van der Waals surface area (Å²) in [6.45, 7) is 1.38. The minimum Gasteiger partial charge on any atom is -0.484 e. The zero-order chi connectivity index (χ0) is 26.4. The lowest BCUT2D eigenvalue weighted by atomic mass is 10.2. The van der Waals surface area contributed by atoms with Gasteiger partial charge in [-0.15, -0.1) is 0 Å². The number of amides is 4. The predicted octanol–water partition coefficient (Wildman–Crippen LogP) is 5.34. The van der Waals surface area contributed by atoms with Crippen molar-refractivity contribution in [1.29, 1.82) is 0 Å². The number of hydrogen-bond acceptors (Lipinski definition) is 6. The van der Waals surface area contributed by atoms with Crippen LogP contribution < -0.4 is 15.4 Å². The van der Waals surface area contributed by atoms with Crippen molar-refractivity contribution in [2.24, 2.45) is 0 Å². The Morgan fingerprint density at radius 3 is 2.35 bits per heavy atom. The maximum absolute atomic E-state index is 12.7. The van der Waals surface area contributed by atoms with Crippen LogP contribution >= 0.6 is 23.4 Å². The van der Waals surface area contributed by atoms with E-state index in [-0.39, 0.29) is 17.4 Å². The summed E-state index contributed by atoms with van der Waals surface area (Å²) in [7, 11) is 0. The zero-order valence-electron chi connectivity index (χ0n) is 19.7. The molecule has 4 rings (SSSR count). The summed E-state index contributed by atoms with van der Waals surface area (Å²) in [5.41, 5.74) is 2.90. The topological polar surface area (TPSA) is 105 Å². The number of carbonyl (C=O) groups is 4. The molecule has 0 unspecified atom stereocenters. The normalized spacial score (nSPS) is 14.1. The molecule has 1 fully saturated rings. The first-order valence-corrected chi connectivity index (χ1v) is 12.4. The van der Waals surface area contributed by atoms with Crippen molar-refractivity contribution < 1.29 is 23.9 Å². The van der Waals surface area contributed by atoms with Crippen LogP contribution in [0.5, 0.6) is 5.75 Å². The second-order valence-electron chi connectivity index (χ2n) is 8.10. The fourth-order valence-corrected chi connectivity index (χ4v) is 4.36. The van der Waals surface area contributed by atoms with E-state index in [0.29, 0.717) is 27.7 Å². The molecule has 2 N–H and O–H groups in total. The number of imide groups is 1. The monoisotopic (exact) mass is 535 g/mol. The largest absolute Gasteiger partial charge is 0.484 e. The lowest BCUT2D eigenvalue weighted by Gasteiger charge is -2.12. The number of benzene rings is 3. The Hall–Kier alpha value is -4.08. The van der Waals surface area contributed by atoms with E-state index in [1.54, 1.807) is 60.7 Å². The molecule has 1 aliphatic heterocycles. The number of carbonyl (C=O) groups excluding carboxylic acids is 4. The molecular formula is C27H22ClN3O5S. The van der Waals surface area contributed by atoms with E-state index in [4.69, 9.17) is 16.3 Å². The number of anilines is 2. The fourth-order valence-electron chi connectivity index (χ4n) is 3.39. The Bertz CT molecular complexity index is 1370. The van der Waals surface area contributed by atoms with Crippen LogP contribution in [0.3, 0.4) is 0 Å². The number of hydrogen-bond donors (Lipinski definition) is 2. The van der Waals surface area contributed by atoms with E-state index in [1.807, 2.05) is 25.1 Å². The van der Waals surface area contributed by atoms with Gasteiger partial charge in [0.1, 0.15) is 12.3 Å². The van der Waals surface area contributed by atoms with E-state index in [9.17, 15) is 19.2 Å². The molecule has 37 heavy (non-hydrogen) atoms. The van der Waals surface area contributed by atoms with Crippen LogP contribution in [-0.4, -0.2) is 41.0 Å². The van der Waals surface area contributed by atoms with Crippen LogP contribution in [0.15, 0.2) is 77.7 Å². The van der Waals surface area contributed by atoms with Gasteiger partial charge in [0.2, 0.25) is 5.91 Å². The van der Waals surface area contributed by atoms with E-state index < -0.39 is 23.6 Å². The number of nitrogens with zero attached hydrogens (tertiary/aromatic N) is 1. The second-order valence-corrected chi connectivity index (χ2v) is 9.53. The molecule has 0 aliphatic carbocycles. The average Bonchev–Trinajstić information content (AvgIpc) is 3.12. The number of thioether (sulfide) groups is 1. The number of ether oxygens (including phenoxy) is 1. The molecule has 0 radical (unpaired) electrons. The standard InChI is InChI=1S/C27H22ClN3O5S/c1-17-3-2-4-21(13-17)30-25(33)16-36-22-11-5-18(6-12-22)14-23-26(34)31(27(35)37-23)15-24(32)29-20-9-7-19(28)8-10-20/h2-14H,15-16H2,1H3,(H,29,32)(H,30,33)/b23-14+. The van der Waals surface area contributed by atoms with Crippen molar-refractivity contribution >= 4 is 63.8 Å². The first-order chi connectivity index (χ1) is 17.8. The zero-order valence-corrected chi connectivity index (χ0v) is 21.3. The van der Waals surface area contributed by atoms with Crippen molar-refractivity contribution in [1.82, 2.24) is 4.90 Å². The summed E-state index contributed by atoms with van der Waals surface area (Å²) in [4.78, 5) is 50.6. The third-order valence-electron chi connectivity index (χ3n) is 5.15. The van der Waals surface area contributed by atoms with E-state index in [2.05, 4.69) is 10.6 Å². The second kappa shape index (κ2) is 11.8. The predicted molar refractivity (Wildman–Crippen MR) is 145 cm³/mol. The molecule has 4 amide bonds. The smallest absolute Gasteiger partial charge is 0.294 e. The molecule has 0 aromatic heterocycles. The van der Waals surface area contributed by atoms with Crippen molar-refractivity contribution in [3.63, 3.8) is 0 Å². The van der Waals surface area contributed by atoms with E-state index in [1.165, 1.54) is 0 Å². The Morgan fingerprint density at radius 2 is 1.65 bits per heavy atom. The lowest BCUT2D eigenvalue weighted by Crippen LogP contribution is -2.36. The Morgan fingerprint density at radius 1 is 0.946 bits per heavy atom. The fraction of sp³-hybridized carbons (Fsp3) is 0.111. The number of rotatable bonds is 8. The highest BCUT2D eigenvalue weighted by Gasteiger charge is 2.36. The first kappa shape index (κ1) is 26.0. The Kier molecular flexibility index (Phi) is 8.27. The molecule has 8 nitrogen and oxygen atoms in total. The Labute approximate surface area is 222 Å². The molecule has 0 saturated carbocycles. The lowest BCUT2D eigenvalue weighted by molar-refractivity contribution is -0.127. The molecule has 3 aromatic rings. The summed E-state index contributed by atoms with van der Waals surface area (Å²) in [6.07, 6.45) is 1.57. The van der Waals surface area contributed by atoms with Crippen molar-refractivity contribution in [3.05, 3.63) is 93.9 Å². The van der Waals surface area contributed by atoms with Crippen molar-refractivity contribution in [2.45, 2.75) is 6.92 Å². The van der Waals surface area contributed by atoms with Crippen LogP contribution in [0.25, 0.3) is 6.08 Å². The highest BCUT2D eigenvalue weighted by atomic mass is 35.5. The highest BCUT2D eigenvalue weighted by Crippen LogP contribution is 2.32. The van der Waals surface area contributed by atoms with E-state index in [0.717, 1.165) is 22.2 Å². The summed E-state index contributed by atoms with van der Waals surface area (Å²) in [5, 5.41) is 5.40. The molecule has 0 bridgehead atoms. The summed E-state index contributed by atoms with van der Waals surface area (Å²) < 4.78 is 5.53. The number of aryl methyl sites for hydroxylation is 1. The third-order valence-corrected chi connectivity index (χ3v) is 6.31. The van der Waals surface area contributed by atoms with Crippen LogP contribution in [0.1, 0.15) is 11.1 Å². The van der Waals surface area contributed by atoms with Gasteiger partial charge in [0.25, 0.3) is 17.1 Å². The van der Waals surface area contributed by atoms with Gasteiger partial charge in [-0.1, -0.05) is 35.9 Å². The van der Waals surface area contributed by atoms with Crippen LogP contribution in [-0.2, 0) is 14.4 Å². The average molecular weight is 536 g/mol. The summed E-state index contributed by atoms with van der Waals surface area (Å²) in [5.74, 6) is -0.861. The minimum atomic E-state index is -0.547. The molecule has 10 heteroatoms. The van der Waals surface area contributed by atoms with Gasteiger partial charge in [-0.25, -0.2) is 0 Å². The van der Waals surface area contributed by atoms with E-state index >= 15 is 0 Å². The quantitative estimate of drug-likeness (QED) is 0.377. The van der Waals surface area contributed by atoms with Gasteiger partial charge in [-0.3, -0.25) is 24.1 Å². The van der Waals surface area contributed by atoms with Gasteiger partial charge in [0.05, 0.1) is 4.91 Å². The third kappa shape index (κ3) is 7.22. The van der Waals surface area contributed by atoms with Gasteiger partial charge >= 0.3 is 0 Å². The summed E-state index contributed by atoms with van der Waals surface area (Å²) in [6, 6.07) is 20.7. The number of nitrogens with one attached hydrogen (secondary N) is 2. The van der Waals surface area contributed by atoms with Crippen molar-refractivity contribution in [2.75, 3.05) is 23.8 Å². The molecule has 0 spiro atoms. The summed E-state index contributed by atoms with van der Waals surface area (Å²) >= 11 is 6.60. The van der Waals surface area contributed by atoms with Crippen molar-refractivity contribution in [3.8, 4) is 5.75 Å². The molecule has 1 aliphatic rings. The van der Waals surface area contributed by atoms with Crippen LogP contribution in [0.4, 0.5) is 16.2 Å². The minimum absolute atomic E-state index is 0.162. The number of halogens is 1. The highest BCUT2D eigenvalue weighted by molar-refractivity contribution is 8.18. The van der Waals surface area contributed by atoms with Gasteiger partial charge in [-0.2, -0.15) is 0 Å². The molecule has 1 heterocycles. The van der Waals surface area contributed by atoms with Gasteiger partial charge in [-0.05, 0) is 84.4 Å². The first-order valence-electron chi connectivity index (χ1n) is 11.2. The van der Waals surface area contributed by atoms with Gasteiger partial charge in [0, 0.05) is 16.4 Å².